The van der Waals surface area contributed by atoms with Gasteiger partial charge in [-0.3, -0.25) is 14.7 Å². The summed E-state index contributed by atoms with van der Waals surface area (Å²) < 4.78 is 27.9. The standard InChI is InChI=1S/C29H35N3O6/c1-34-26-11-10-25(27(35-2)28(26)36-3)29(33)32(21-23-8-4-5-12-30-23)20-22-7-6-9-24(19-22)38-18-15-31-13-16-37-17-14-31/h4-12,19H,13-18,20-21H2,1-3H3. The van der Waals surface area contributed by atoms with Crippen molar-refractivity contribution < 1.29 is 28.5 Å². The van der Waals surface area contributed by atoms with Crippen LogP contribution in [0.2, 0.25) is 0 Å². The molecular weight excluding hydrogens is 486 g/mol. The summed E-state index contributed by atoms with van der Waals surface area (Å²) in [5, 5.41) is 0. The number of pyridine rings is 1. The van der Waals surface area contributed by atoms with Crippen molar-refractivity contribution in [1.82, 2.24) is 14.8 Å². The molecule has 9 nitrogen and oxygen atoms in total. The van der Waals surface area contributed by atoms with E-state index in [1.54, 1.807) is 30.3 Å². The summed E-state index contributed by atoms with van der Waals surface area (Å²) in [6, 6.07) is 16.9. The lowest BCUT2D eigenvalue weighted by atomic mass is 10.1. The van der Waals surface area contributed by atoms with Gasteiger partial charge in [0, 0.05) is 32.4 Å². The van der Waals surface area contributed by atoms with Crippen LogP contribution in [0.4, 0.5) is 0 Å². The largest absolute Gasteiger partial charge is 0.493 e. The molecule has 1 saturated heterocycles. The van der Waals surface area contributed by atoms with E-state index < -0.39 is 0 Å². The number of carbonyl (C=O) groups is 1. The maximum absolute atomic E-state index is 13.9. The number of amides is 1. The second-order valence-electron chi connectivity index (χ2n) is 8.81. The Morgan fingerprint density at radius 2 is 1.76 bits per heavy atom. The molecule has 0 unspecified atom stereocenters. The van der Waals surface area contributed by atoms with Crippen molar-refractivity contribution >= 4 is 5.91 Å². The highest BCUT2D eigenvalue weighted by Gasteiger charge is 2.25. The van der Waals surface area contributed by atoms with Crippen LogP contribution < -0.4 is 18.9 Å². The SMILES string of the molecule is COc1ccc(C(=O)N(Cc2cccc(OCCN3CCOCC3)c2)Cc2ccccn2)c(OC)c1OC. The molecule has 0 atom stereocenters. The number of carbonyl (C=O) groups excluding carboxylic acids is 1. The van der Waals surface area contributed by atoms with E-state index >= 15 is 0 Å². The molecule has 1 aromatic heterocycles. The highest BCUT2D eigenvalue weighted by molar-refractivity contribution is 5.98. The second kappa shape index (κ2) is 13.6. The minimum atomic E-state index is -0.216. The first kappa shape index (κ1) is 27.2. The van der Waals surface area contributed by atoms with Gasteiger partial charge in [0.25, 0.3) is 5.91 Å². The maximum Gasteiger partial charge on any atom is 0.258 e. The molecule has 0 N–H and O–H groups in total. The second-order valence-corrected chi connectivity index (χ2v) is 8.81. The Morgan fingerprint density at radius 1 is 0.947 bits per heavy atom. The first-order valence-corrected chi connectivity index (χ1v) is 12.6. The van der Waals surface area contributed by atoms with Crippen molar-refractivity contribution in [2.24, 2.45) is 0 Å². The third-order valence-electron chi connectivity index (χ3n) is 6.35. The summed E-state index contributed by atoms with van der Waals surface area (Å²) >= 11 is 0. The average molecular weight is 522 g/mol. The summed E-state index contributed by atoms with van der Waals surface area (Å²) in [4.78, 5) is 22.4. The van der Waals surface area contributed by atoms with E-state index in [1.165, 1.54) is 14.2 Å². The van der Waals surface area contributed by atoms with Crippen molar-refractivity contribution in [2.75, 3.05) is 60.8 Å². The van der Waals surface area contributed by atoms with Gasteiger partial charge in [-0.05, 0) is 42.0 Å². The highest BCUT2D eigenvalue weighted by Crippen LogP contribution is 2.40. The van der Waals surface area contributed by atoms with Crippen molar-refractivity contribution in [2.45, 2.75) is 13.1 Å². The molecule has 0 radical (unpaired) electrons. The van der Waals surface area contributed by atoms with E-state index in [9.17, 15) is 4.79 Å². The molecule has 2 heterocycles. The molecule has 202 valence electrons. The van der Waals surface area contributed by atoms with E-state index in [1.807, 2.05) is 42.5 Å². The summed E-state index contributed by atoms with van der Waals surface area (Å²) in [6.07, 6.45) is 1.72. The third-order valence-corrected chi connectivity index (χ3v) is 6.35. The van der Waals surface area contributed by atoms with Crippen LogP contribution in [0, 0.1) is 0 Å². The summed E-state index contributed by atoms with van der Waals surface area (Å²) in [6.45, 7) is 5.48. The number of hydrogen-bond donors (Lipinski definition) is 0. The van der Waals surface area contributed by atoms with Crippen LogP contribution in [0.15, 0.2) is 60.8 Å². The quantitative estimate of drug-likeness (QED) is 0.357. The zero-order chi connectivity index (χ0) is 26.7. The average Bonchev–Trinajstić information content (AvgIpc) is 2.97. The fourth-order valence-electron chi connectivity index (χ4n) is 4.40. The zero-order valence-corrected chi connectivity index (χ0v) is 22.2. The Bertz CT molecular complexity index is 1180. The number of hydrogen-bond acceptors (Lipinski definition) is 8. The van der Waals surface area contributed by atoms with Crippen molar-refractivity contribution in [3.8, 4) is 23.0 Å². The predicted octanol–water partition coefficient (Wildman–Crippen LogP) is 3.66. The fraction of sp³-hybridized carbons (Fsp3) is 0.379. The lowest BCUT2D eigenvalue weighted by Crippen LogP contribution is -2.38. The number of methoxy groups -OCH3 is 3. The summed E-state index contributed by atoms with van der Waals surface area (Å²) in [7, 11) is 4.57. The molecular formula is C29H35N3O6. The Kier molecular flexibility index (Phi) is 9.77. The first-order chi connectivity index (χ1) is 18.6. The van der Waals surface area contributed by atoms with Crippen molar-refractivity contribution in [3.63, 3.8) is 0 Å². The van der Waals surface area contributed by atoms with Gasteiger partial charge in [-0.1, -0.05) is 18.2 Å². The predicted molar refractivity (Wildman–Crippen MR) is 143 cm³/mol. The summed E-state index contributed by atoms with van der Waals surface area (Å²) in [5.74, 6) is 1.73. The number of aromatic nitrogens is 1. The normalized spacial score (nSPS) is 13.6. The number of morpholine rings is 1. The monoisotopic (exact) mass is 521 g/mol. The summed E-state index contributed by atoms with van der Waals surface area (Å²) in [5.41, 5.74) is 2.09. The molecule has 0 aliphatic carbocycles. The van der Waals surface area contributed by atoms with Gasteiger partial charge in [0.15, 0.2) is 11.5 Å². The van der Waals surface area contributed by atoms with Gasteiger partial charge in [-0.2, -0.15) is 0 Å². The van der Waals surface area contributed by atoms with Crippen molar-refractivity contribution in [3.05, 3.63) is 77.6 Å². The molecule has 38 heavy (non-hydrogen) atoms. The van der Waals surface area contributed by atoms with Gasteiger partial charge in [0.1, 0.15) is 12.4 Å². The third kappa shape index (κ3) is 6.93. The molecule has 1 aliphatic rings. The van der Waals surface area contributed by atoms with E-state index in [0.717, 1.165) is 49.9 Å². The Hall–Kier alpha value is -3.82. The van der Waals surface area contributed by atoms with Gasteiger partial charge in [-0.25, -0.2) is 0 Å². The van der Waals surface area contributed by atoms with Gasteiger partial charge in [-0.15, -0.1) is 0 Å². The van der Waals surface area contributed by atoms with Crippen molar-refractivity contribution in [1.29, 1.82) is 0 Å². The molecule has 9 heteroatoms. The smallest absolute Gasteiger partial charge is 0.258 e. The van der Waals surface area contributed by atoms with Gasteiger partial charge in [0.2, 0.25) is 5.75 Å². The minimum absolute atomic E-state index is 0.216. The van der Waals surface area contributed by atoms with Gasteiger partial charge < -0.3 is 28.6 Å². The maximum atomic E-state index is 13.9. The lowest BCUT2D eigenvalue weighted by Gasteiger charge is -2.26. The molecule has 0 bridgehead atoms. The van der Waals surface area contributed by atoms with E-state index in [0.29, 0.717) is 42.5 Å². The number of ether oxygens (including phenoxy) is 5. The Labute approximate surface area is 223 Å². The molecule has 1 amide bonds. The molecule has 4 rings (SSSR count). The van der Waals surface area contributed by atoms with Crippen LogP contribution >= 0.6 is 0 Å². The molecule has 3 aromatic rings. The lowest BCUT2D eigenvalue weighted by molar-refractivity contribution is 0.0322. The zero-order valence-electron chi connectivity index (χ0n) is 22.2. The van der Waals surface area contributed by atoms with Crippen LogP contribution in [0.5, 0.6) is 23.0 Å². The molecule has 1 aliphatic heterocycles. The fourth-order valence-corrected chi connectivity index (χ4v) is 4.40. The molecule has 0 saturated carbocycles. The van der Waals surface area contributed by atoms with Gasteiger partial charge >= 0.3 is 0 Å². The van der Waals surface area contributed by atoms with Gasteiger partial charge in [0.05, 0.1) is 52.3 Å². The minimum Gasteiger partial charge on any atom is -0.493 e. The number of rotatable bonds is 12. The Balaban J connectivity index is 1.54. The van der Waals surface area contributed by atoms with Crippen LogP contribution in [0.1, 0.15) is 21.6 Å². The van der Waals surface area contributed by atoms with Crippen LogP contribution in [-0.4, -0.2) is 81.5 Å². The number of nitrogens with zero attached hydrogens (tertiary/aromatic N) is 3. The highest BCUT2D eigenvalue weighted by atomic mass is 16.5. The number of benzene rings is 2. The Morgan fingerprint density at radius 3 is 2.47 bits per heavy atom. The van der Waals surface area contributed by atoms with E-state index in [2.05, 4.69) is 9.88 Å². The topological polar surface area (TPSA) is 82.6 Å². The molecule has 0 spiro atoms. The van der Waals surface area contributed by atoms with Crippen LogP contribution in [0.25, 0.3) is 0 Å². The van der Waals surface area contributed by atoms with Crippen LogP contribution in [0.3, 0.4) is 0 Å². The molecule has 1 fully saturated rings. The van der Waals surface area contributed by atoms with Crippen LogP contribution in [-0.2, 0) is 17.8 Å². The van der Waals surface area contributed by atoms with E-state index in [-0.39, 0.29) is 5.91 Å². The molecule has 2 aromatic carbocycles. The first-order valence-electron chi connectivity index (χ1n) is 12.6. The van der Waals surface area contributed by atoms with E-state index in [4.69, 9.17) is 23.7 Å².